The summed E-state index contributed by atoms with van der Waals surface area (Å²) >= 11 is 3.01. The zero-order chi connectivity index (χ0) is 16.9. The maximum atomic E-state index is 12.5. The molecule has 24 heavy (non-hydrogen) atoms. The molecule has 2 N–H and O–H groups in total. The van der Waals surface area contributed by atoms with Gasteiger partial charge in [-0.1, -0.05) is 0 Å². The highest BCUT2D eigenvalue weighted by molar-refractivity contribution is 7.98. The number of amides is 1. The number of nitrogens with zero attached hydrogens (tertiary/aromatic N) is 3. The first-order valence-corrected chi connectivity index (χ1v) is 9.91. The Morgan fingerprint density at radius 2 is 2.42 bits per heavy atom. The Morgan fingerprint density at radius 3 is 3.12 bits per heavy atom. The fraction of sp³-hybridized carbons (Fsp3) is 0.438. The second-order valence-corrected chi connectivity index (χ2v) is 7.22. The number of hydrogen-bond donors (Lipinski definition) is 2. The third-order valence-corrected chi connectivity index (χ3v) is 5.41. The number of aromatic nitrogens is 2. The van der Waals surface area contributed by atoms with Crippen LogP contribution in [0.5, 0.6) is 0 Å². The second-order valence-electron chi connectivity index (χ2n) is 5.71. The number of pyridine rings is 1. The third kappa shape index (κ3) is 4.13. The summed E-state index contributed by atoms with van der Waals surface area (Å²) in [6.07, 6.45) is 3.70. The number of thiazole rings is 1. The van der Waals surface area contributed by atoms with Crippen LogP contribution in [0.1, 0.15) is 22.5 Å². The van der Waals surface area contributed by atoms with E-state index >= 15 is 0 Å². The smallest absolute Gasteiger partial charge is 0.254 e. The zero-order valence-electron chi connectivity index (χ0n) is 13.4. The Kier molecular flexibility index (Phi) is 5.83. The Balaban J connectivity index is 1.57. The van der Waals surface area contributed by atoms with Crippen LogP contribution in [0, 0.1) is 0 Å². The minimum atomic E-state index is -0.587. The number of carbonyl (C=O) groups excluding carboxylic acids is 1. The lowest BCUT2D eigenvalue weighted by atomic mass is 10.0. The number of nitrogens with one attached hydrogen (secondary N) is 1. The minimum Gasteiger partial charge on any atom is -0.390 e. The first-order valence-electron chi connectivity index (χ1n) is 7.74. The van der Waals surface area contributed by atoms with Gasteiger partial charge in [-0.2, -0.15) is 0 Å². The van der Waals surface area contributed by atoms with Crippen molar-refractivity contribution in [3.8, 4) is 0 Å². The van der Waals surface area contributed by atoms with E-state index < -0.39 is 6.10 Å². The minimum absolute atomic E-state index is 0.176. The summed E-state index contributed by atoms with van der Waals surface area (Å²) in [6.45, 7) is 2.09. The highest BCUT2D eigenvalue weighted by Crippen LogP contribution is 2.19. The summed E-state index contributed by atoms with van der Waals surface area (Å²) < 4.78 is 0. The molecule has 0 aliphatic carbocycles. The second kappa shape index (κ2) is 8.06. The molecule has 2 aromatic rings. The van der Waals surface area contributed by atoms with Crippen LogP contribution in [0.4, 0.5) is 0 Å². The fourth-order valence-electron chi connectivity index (χ4n) is 2.83. The molecule has 1 amide bonds. The molecule has 0 saturated carbocycles. The van der Waals surface area contributed by atoms with Gasteiger partial charge in [0, 0.05) is 31.2 Å². The van der Waals surface area contributed by atoms with E-state index in [1.807, 2.05) is 17.1 Å². The lowest BCUT2D eigenvalue weighted by molar-refractivity contribution is 0.0345. The van der Waals surface area contributed by atoms with Crippen LogP contribution < -0.4 is 5.32 Å². The summed E-state index contributed by atoms with van der Waals surface area (Å²) in [5, 5.41) is 16.1. The number of β-amino-alcohol motifs (C(OH)–C–C–N with tert-alkyl or cyclic N) is 1. The summed E-state index contributed by atoms with van der Waals surface area (Å²) in [7, 11) is 0. The number of rotatable bonds is 5. The molecule has 0 radical (unpaired) electrons. The van der Waals surface area contributed by atoms with E-state index in [0.29, 0.717) is 23.6 Å². The number of aliphatic hydroxyl groups is 1. The normalized spacial score (nSPS) is 21.6. The molecule has 0 aromatic carbocycles. The van der Waals surface area contributed by atoms with Gasteiger partial charge in [0.15, 0.2) is 0 Å². The van der Waals surface area contributed by atoms with E-state index in [1.54, 1.807) is 29.7 Å². The number of likely N-dealkylation sites (tertiary alicyclic amines) is 1. The van der Waals surface area contributed by atoms with Gasteiger partial charge in [0.2, 0.25) is 0 Å². The molecule has 8 heteroatoms. The molecule has 2 atom stereocenters. The average Bonchev–Trinajstić information content (AvgIpc) is 3.10. The van der Waals surface area contributed by atoms with Crippen molar-refractivity contribution in [2.75, 3.05) is 19.3 Å². The first kappa shape index (κ1) is 17.3. The van der Waals surface area contributed by atoms with Crippen LogP contribution in [0.3, 0.4) is 0 Å². The van der Waals surface area contributed by atoms with Gasteiger partial charge in [0.05, 0.1) is 28.9 Å². The van der Waals surface area contributed by atoms with Crippen molar-refractivity contribution >= 4 is 29.0 Å². The molecule has 6 nitrogen and oxygen atoms in total. The number of piperidine rings is 1. The van der Waals surface area contributed by atoms with Crippen molar-refractivity contribution in [2.45, 2.75) is 30.1 Å². The van der Waals surface area contributed by atoms with Gasteiger partial charge in [-0.05, 0) is 24.8 Å². The molecule has 3 rings (SSSR count). The van der Waals surface area contributed by atoms with Gasteiger partial charge in [-0.25, -0.2) is 9.97 Å². The maximum Gasteiger partial charge on any atom is 0.254 e. The van der Waals surface area contributed by atoms with Gasteiger partial charge in [0.25, 0.3) is 5.91 Å². The molecule has 1 saturated heterocycles. The van der Waals surface area contributed by atoms with Gasteiger partial charge < -0.3 is 10.4 Å². The van der Waals surface area contributed by atoms with E-state index in [9.17, 15) is 9.90 Å². The molecule has 3 heterocycles. The monoisotopic (exact) mass is 364 g/mol. The number of aliphatic hydroxyl groups excluding tert-OH is 1. The lowest BCUT2D eigenvalue weighted by Crippen LogP contribution is -2.53. The molecule has 1 aliphatic heterocycles. The molecular weight excluding hydrogens is 344 g/mol. The Bertz CT molecular complexity index is 680. The van der Waals surface area contributed by atoms with E-state index in [2.05, 4.69) is 20.2 Å². The van der Waals surface area contributed by atoms with Crippen LogP contribution in [0.25, 0.3) is 0 Å². The Morgan fingerprint density at radius 1 is 1.54 bits per heavy atom. The highest BCUT2D eigenvalue weighted by atomic mass is 32.2. The molecule has 2 aromatic heterocycles. The van der Waals surface area contributed by atoms with Gasteiger partial charge in [0.1, 0.15) is 5.03 Å². The van der Waals surface area contributed by atoms with Crippen LogP contribution in [0.2, 0.25) is 0 Å². The lowest BCUT2D eigenvalue weighted by Gasteiger charge is -2.36. The van der Waals surface area contributed by atoms with Crippen molar-refractivity contribution < 1.29 is 9.90 Å². The SMILES string of the molecule is CSc1ncccc1C(=O)N[C@@H]1CCN(Cc2cscn2)C[C@H]1O. The molecule has 0 bridgehead atoms. The summed E-state index contributed by atoms with van der Waals surface area (Å²) in [5.74, 6) is -0.176. The van der Waals surface area contributed by atoms with Crippen molar-refractivity contribution in [3.05, 3.63) is 40.5 Å². The van der Waals surface area contributed by atoms with Crippen LogP contribution in [-0.4, -0.2) is 57.4 Å². The van der Waals surface area contributed by atoms with E-state index in [0.717, 1.165) is 18.8 Å². The van der Waals surface area contributed by atoms with Gasteiger partial charge >= 0.3 is 0 Å². The topological polar surface area (TPSA) is 78.4 Å². The predicted octanol–water partition coefficient (Wildman–Crippen LogP) is 1.63. The molecule has 1 fully saturated rings. The van der Waals surface area contributed by atoms with Crippen molar-refractivity contribution in [1.29, 1.82) is 0 Å². The number of thioether (sulfide) groups is 1. The number of carbonyl (C=O) groups is 1. The van der Waals surface area contributed by atoms with Crippen molar-refractivity contribution in [3.63, 3.8) is 0 Å². The van der Waals surface area contributed by atoms with Crippen LogP contribution in [0.15, 0.2) is 34.2 Å². The molecule has 0 unspecified atom stereocenters. The van der Waals surface area contributed by atoms with Crippen LogP contribution in [-0.2, 0) is 6.54 Å². The Labute approximate surface area is 149 Å². The summed E-state index contributed by atoms with van der Waals surface area (Å²) in [6, 6.07) is 3.28. The number of hydrogen-bond acceptors (Lipinski definition) is 7. The summed E-state index contributed by atoms with van der Waals surface area (Å²) in [4.78, 5) is 23.1. The van der Waals surface area contributed by atoms with E-state index in [1.165, 1.54) is 11.8 Å². The molecule has 0 spiro atoms. The average molecular weight is 364 g/mol. The molecule has 1 aliphatic rings. The predicted molar refractivity (Wildman–Crippen MR) is 95.3 cm³/mol. The van der Waals surface area contributed by atoms with Crippen molar-refractivity contribution in [2.24, 2.45) is 0 Å². The van der Waals surface area contributed by atoms with Crippen molar-refractivity contribution in [1.82, 2.24) is 20.2 Å². The zero-order valence-corrected chi connectivity index (χ0v) is 15.0. The molecule has 128 valence electrons. The molecular formula is C16H20N4O2S2. The van der Waals surface area contributed by atoms with E-state index in [4.69, 9.17) is 0 Å². The fourth-order valence-corrected chi connectivity index (χ4v) is 3.92. The van der Waals surface area contributed by atoms with Gasteiger partial charge in [-0.15, -0.1) is 23.1 Å². The van der Waals surface area contributed by atoms with Crippen LogP contribution >= 0.6 is 23.1 Å². The largest absolute Gasteiger partial charge is 0.390 e. The Hall–Kier alpha value is -1.48. The third-order valence-electron chi connectivity index (χ3n) is 4.06. The summed E-state index contributed by atoms with van der Waals surface area (Å²) in [5.41, 5.74) is 3.40. The quantitative estimate of drug-likeness (QED) is 0.785. The highest BCUT2D eigenvalue weighted by Gasteiger charge is 2.29. The maximum absolute atomic E-state index is 12.5. The standard InChI is InChI=1S/C16H20N4O2S2/c1-23-16-12(3-2-5-17-16)15(22)19-13-4-6-20(8-14(13)21)7-11-9-24-10-18-11/h2-3,5,9-10,13-14,21H,4,6-8H2,1H3,(H,19,22)/t13-,14-/m1/s1. The van der Waals surface area contributed by atoms with E-state index in [-0.39, 0.29) is 11.9 Å². The first-order chi connectivity index (χ1) is 11.7. The van der Waals surface area contributed by atoms with Gasteiger partial charge in [-0.3, -0.25) is 9.69 Å².